The van der Waals surface area contributed by atoms with Crippen molar-refractivity contribution in [3.05, 3.63) is 69.6 Å². The molecule has 280 valence electrons. The number of amides is 2. The van der Waals surface area contributed by atoms with Gasteiger partial charge in [0.1, 0.15) is 5.75 Å². The van der Waals surface area contributed by atoms with Gasteiger partial charge in [-0.2, -0.15) is 0 Å². The van der Waals surface area contributed by atoms with Crippen LogP contribution in [0.3, 0.4) is 0 Å². The Morgan fingerprint density at radius 3 is 2.13 bits per heavy atom. The summed E-state index contributed by atoms with van der Waals surface area (Å²) in [5.74, 6) is 0.304. The number of nitrogens with one attached hydrogen (secondary N) is 1. The van der Waals surface area contributed by atoms with Crippen molar-refractivity contribution < 1.29 is 29.0 Å². The van der Waals surface area contributed by atoms with Gasteiger partial charge in [0.2, 0.25) is 0 Å². The Morgan fingerprint density at radius 1 is 0.885 bits per heavy atom. The molecule has 52 heavy (non-hydrogen) atoms. The molecular formula is C38H51N7O7. The van der Waals surface area contributed by atoms with E-state index in [1.54, 1.807) is 4.90 Å². The van der Waals surface area contributed by atoms with Gasteiger partial charge in [-0.1, -0.05) is 42.5 Å². The van der Waals surface area contributed by atoms with E-state index in [0.29, 0.717) is 75.2 Å². The summed E-state index contributed by atoms with van der Waals surface area (Å²) >= 11 is 0. The number of aromatic amines is 1. The number of likely N-dealkylation sites (tertiary alicyclic amines) is 2. The number of phenolic OH excluding ortho intramolecular Hbond substituents is 1. The molecule has 1 unspecified atom stereocenters. The molecule has 14 heteroatoms. The fourth-order valence-corrected chi connectivity index (χ4v) is 7.69. The van der Waals surface area contributed by atoms with Crippen LogP contribution in [0.2, 0.25) is 0 Å². The van der Waals surface area contributed by atoms with Crippen LogP contribution in [0, 0.1) is 13.8 Å². The molecule has 1 aromatic heterocycles. The predicted molar refractivity (Wildman–Crippen MR) is 194 cm³/mol. The maximum Gasteiger partial charge on any atom is 0.410 e. The number of nitrogens with zero attached hydrogens (tertiary/aromatic N) is 6. The van der Waals surface area contributed by atoms with E-state index in [9.17, 15) is 24.3 Å². The summed E-state index contributed by atoms with van der Waals surface area (Å²) in [7, 11) is 0. The number of aromatic nitrogens is 3. The maximum atomic E-state index is 14.1. The summed E-state index contributed by atoms with van der Waals surface area (Å²) in [6.07, 6.45) is 1.27. The minimum absolute atomic E-state index is 0.174. The van der Waals surface area contributed by atoms with Crippen LogP contribution in [-0.4, -0.2) is 135 Å². The average molecular weight is 718 g/mol. The van der Waals surface area contributed by atoms with E-state index >= 15 is 0 Å². The van der Waals surface area contributed by atoms with Crippen molar-refractivity contribution >= 4 is 18.0 Å². The quantitative estimate of drug-likeness (QED) is 0.299. The Kier molecular flexibility index (Phi) is 12.0. The Balaban J connectivity index is 1.06. The second kappa shape index (κ2) is 16.8. The largest absolute Gasteiger partial charge is 0.507 e. The zero-order valence-electron chi connectivity index (χ0n) is 30.5. The number of H-pyrrole nitrogens is 1. The van der Waals surface area contributed by atoms with Crippen LogP contribution in [0.1, 0.15) is 55.3 Å². The Morgan fingerprint density at radius 2 is 1.50 bits per heavy atom. The van der Waals surface area contributed by atoms with Crippen molar-refractivity contribution in [1.29, 1.82) is 0 Å². The van der Waals surface area contributed by atoms with Gasteiger partial charge in [0, 0.05) is 70.4 Å². The van der Waals surface area contributed by atoms with E-state index in [1.807, 2.05) is 68.1 Å². The van der Waals surface area contributed by atoms with Crippen molar-refractivity contribution in [2.45, 2.75) is 71.1 Å². The highest BCUT2D eigenvalue weighted by atomic mass is 16.6. The number of aromatic hydroxyl groups is 1. The monoisotopic (exact) mass is 717 g/mol. The average Bonchev–Trinajstić information content (AvgIpc) is 3.55. The molecule has 4 heterocycles. The molecule has 6 rings (SSSR count). The van der Waals surface area contributed by atoms with Gasteiger partial charge in [-0.15, -0.1) is 5.10 Å². The second-order valence-corrected chi connectivity index (χ2v) is 14.1. The van der Waals surface area contributed by atoms with Crippen LogP contribution in [0.5, 0.6) is 5.75 Å². The van der Waals surface area contributed by atoms with E-state index < -0.39 is 12.2 Å². The molecule has 3 aliphatic heterocycles. The highest BCUT2D eigenvalue weighted by Gasteiger charge is 2.36. The Labute approximate surface area is 304 Å². The molecule has 3 fully saturated rings. The number of benzene rings is 2. The number of hydrogen-bond acceptors (Lipinski definition) is 10. The number of carbonyl (C=O) groups is 3. The first-order valence-corrected chi connectivity index (χ1v) is 18.5. The third-order valence-corrected chi connectivity index (χ3v) is 10.6. The van der Waals surface area contributed by atoms with E-state index in [0.717, 1.165) is 50.1 Å². The first-order chi connectivity index (χ1) is 25.1. The summed E-state index contributed by atoms with van der Waals surface area (Å²) in [6.45, 7) is 11.3. The minimum atomic E-state index is -1.03. The van der Waals surface area contributed by atoms with Gasteiger partial charge >= 0.3 is 17.8 Å². The zero-order valence-corrected chi connectivity index (χ0v) is 30.5. The zero-order chi connectivity index (χ0) is 36.8. The number of ether oxygens (including phenoxy) is 2. The van der Waals surface area contributed by atoms with Crippen molar-refractivity contribution in [2.24, 2.45) is 0 Å². The van der Waals surface area contributed by atoms with Gasteiger partial charge in [-0.3, -0.25) is 24.4 Å². The summed E-state index contributed by atoms with van der Waals surface area (Å²) in [6, 6.07) is 13.3. The molecule has 2 N–H and O–H groups in total. The molecule has 3 saturated heterocycles. The van der Waals surface area contributed by atoms with Gasteiger partial charge in [0.05, 0.1) is 19.2 Å². The van der Waals surface area contributed by atoms with Crippen molar-refractivity contribution in [3.8, 4) is 17.1 Å². The van der Waals surface area contributed by atoms with Gasteiger partial charge in [-0.25, -0.2) is 14.3 Å². The number of aryl methyl sites for hydroxylation is 2. The summed E-state index contributed by atoms with van der Waals surface area (Å²) in [4.78, 5) is 63.3. The van der Waals surface area contributed by atoms with Gasteiger partial charge in [0.15, 0.2) is 11.9 Å². The molecule has 3 aliphatic rings. The number of hydrogen-bond donors (Lipinski definition) is 2. The van der Waals surface area contributed by atoms with Crippen LogP contribution in [0.25, 0.3) is 11.4 Å². The lowest BCUT2D eigenvalue weighted by molar-refractivity contribution is -0.145. The van der Waals surface area contributed by atoms with Crippen LogP contribution in [0.15, 0.2) is 47.3 Å². The third kappa shape index (κ3) is 8.84. The Hall–Kier alpha value is -4.69. The van der Waals surface area contributed by atoms with E-state index in [1.165, 1.54) is 4.68 Å². The molecular weight excluding hydrogens is 666 g/mol. The van der Waals surface area contributed by atoms with E-state index in [4.69, 9.17) is 9.47 Å². The van der Waals surface area contributed by atoms with Gasteiger partial charge < -0.3 is 24.4 Å². The molecule has 2 aromatic carbocycles. The van der Waals surface area contributed by atoms with Crippen molar-refractivity contribution in [3.63, 3.8) is 0 Å². The molecule has 0 saturated carbocycles. The van der Waals surface area contributed by atoms with Crippen molar-refractivity contribution in [1.82, 2.24) is 34.4 Å². The highest BCUT2D eigenvalue weighted by molar-refractivity contribution is 5.84. The number of rotatable bonds is 10. The molecule has 0 aliphatic carbocycles. The number of piperidine rings is 2. The molecule has 2 amide bonds. The fraction of sp³-hybridized carbons (Fsp3) is 0.553. The van der Waals surface area contributed by atoms with Crippen LogP contribution in [0.4, 0.5) is 4.79 Å². The standard InChI is InChI=1S/C38H51N7O7/c1-4-51-33(46)25-41-18-20-42(21-19-41)30-10-14-43(15-11-30)36(48)32(24-28-22-26(2)34(47)27(3)23-28)52-38(50)44-16-12-31(13-17-44)45-37(49)39-35(40-45)29-8-6-5-7-9-29/h5-9,22-23,30-32,47H,4,10-21,24-25H2,1-3H3,(H,39,40,49). The van der Waals surface area contributed by atoms with E-state index in [2.05, 4.69) is 19.9 Å². The number of carbonyl (C=O) groups excluding carboxylic acids is 3. The summed E-state index contributed by atoms with van der Waals surface area (Å²) < 4.78 is 12.6. The first-order valence-electron chi connectivity index (χ1n) is 18.5. The first kappa shape index (κ1) is 37.1. The minimum Gasteiger partial charge on any atom is -0.507 e. The van der Waals surface area contributed by atoms with Crippen LogP contribution >= 0.6 is 0 Å². The fourth-order valence-electron chi connectivity index (χ4n) is 7.69. The van der Waals surface area contributed by atoms with E-state index in [-0.39, 0.29) is 35.8 Å². The Bertz CT molecular complexity index is 1730. The molecule has 0 radical (unpaired) electrons. The third-order valence-electron chi connectivity index (χ3n) is 10.6. The smallest absolute Gasteiger partial charge is 0.410 e. The number of phenols is 1. The molecule has 3 aromatic rings. The van der Waals surface area contributed by atoms with Crippen molar-refractivity contribution in [2.75, 3.05) is 65.5 Å². The molecule has 0 spiro atoms. The normalized spacial score (nSPS) is 18.7. The summed E-state index contributed by atoms with van der Waals surface area (Å²) in [5, 5.41) is 14.9. The van der Waals surface area contributed by atoms with Crippen LogP contribution in [-0.2, 0) is 25.5 Å². The molecule has 0 bridgehead atoms. The second-order valence-electron chi connectivity index (χ2n) is 14.1. The lowest BCUT2D eigenvalue weighted by Gasteiger charge is -2.43. The maximum absolute atomic E-state index is 14.1. The number of piperazine rings is 1. The van der Waals surface area contributed by atoms with Gasteiger partial charge in [0.25, 0.3) is 5.91 Å². The number of esters is 1. The molecule has 1 atom stereocenters. The molecule has 14 nitrogen and oxygen atoms in total. The van der Waals surface area contributed by atoms with Gasteiger partial charge in [-0.05, 0) is 63.1 Å². The van der Waals surface area contributed by atoms with Crippen LogP contribution < -0.4 is 5.69 Å². The lowest BCUT2D eigenvalue weighted by Crippen LogP contribution is -2.55. The summed E-state index contributed by atoms with van der Waals surface area (Å²) in [5.41, 5.74) is 2.73. The predicted octanol–water partition coefficient (Wildman–Crippen LogP) is 3.12. The highest BCUT2D eigenvalue weighted by Crippen LogP contribution is 2.27. The SMILES string of the molecule is CCOC(=O)CN1CCN(C2CCN(C(=O)C(Cc3cc(C)c(O)c(C)c3)OC(=O)N3CCC(n4nc(-c5ccccc5)[nH]c4=O)CC3)CC2)CC1. The topological polar surface area (TPSA) is 154 Å². The lowest BCUT2D eigenvalue weighted by atomic mass is 9.98.